The fraction of sp³-hybridized carbons (Fsp3) is 0.647. The van der Waals surface area contributed by atoms with Crippen LogP contribution in [0, 0.1) is 5.41 Å². The molecule has 0 aliphatic heterocycles. The molecule has 0 saturated carbocycles. The first-order valence-electron chi connectivity index (χ1n) is 7.62. The molecule has 0 aliphatic rings. The predicted molar refractivity (Wildman–Crippen MR) is 89.1 cm³/mol. The molecule has 2 nitrogen and oxygen atoms in total. The van der Waals surface area contributed by atoms with Crippen molar-refractivity contribution in [2.24, 2.45) is 5.41 Å². The van der Waals surface area contributed by atoms with Crippen LogP contribution in [0.15, 0.2) is 24.3 Å². The molecule has 1 aromatic carbocycles. The van der Waals surface area contributed by atoms with Crippen LogP contribution >= 0.6 is 15.9 Å². The summed E-state index contributed by atoms with van der Waals surface area (Å²) in [5.74, 6) is 1.69. The van der Waals surface area contributed by atoms with Gasteiger partial charge in [0, 0.05) is 10.7 Å². The molecular weight excluding hydrogens is 316 g/mol. The number of benzene rings is 1. The second-order valence-corrected chi connectivity index (χ2v) is 5.86. The van der Waals surface area contributed by atoms with E-state index in [0.717, 1.165) is 23.4 Å². The van der Waals surface area contributed by atoms with E-state index in [-0.39, 0.29) is 5.41 Å². The van der Waals surface area contributed by atoms with Crippen LogP contribution in [0.3, 0.4) is 0 Å². The standard InChI is InChI=1S/C17H27BrO2/c1-4-11-17(13-18,12-5-2)14-20-16-10-8-7-9-15(16)19-6-3/h7-10H,4-6,11-14H2,1-3H3. The Hall–Kier alpha value is -0.700. The largest absolute Gasteiger partial charge is 0.490 e. The maximum absolute atomic E-state index is 6.10. The predicted octanol–water partition coefficient (Wildman–Crippen LogP) is 5.45. The molecule has 1 aromatic rings. The van der Waals surface area contributed by atoms with E-state index in [1.54, 1.807) is 0 Å². The van der Waals surface area contributed by atoms with Crippen LogP contribution in [0.1, 0.15) is 46.5 Å². The number of ether oxygens (including phenoxy) is 2. The van der Waals surface area contributed by atoms with Crippen molar-refractivity contribution in [2.45, 2.75) is 46.5 Å². The van der Waals surface area contributed by atoms with Crippen LogP contribution in [0.2, 0.25) is 0 Å². The van der Waals surface area contributed by atoms with Gasteiger partial charge in [-0.3, -0.25) is 0 Å². The summed E-state index contributed by atoms with van der Waals surface area (Å²) in [5.41, 5.74) is 0.225. The zero-order chi connectivity index (χ0) is 14.8. The topological polar surface area (TPSA) is 18.5 Å². The minimum atomic E-state index is 0.225. The maximum Gasteiger partial charge on any atom is 0.161 e. The van der Waals surface area contributed by atoms with Crippen molar-refractivity contribution in [3.63, 3.8) is 0 Å². The Bertz CT molecular complexity index is 373. The minimum absolute atomic E-state index is 0.225. The molecule has 0 radical (unpaired) electrons. The van der Waals surface area contributed by atoms with Gasteiger partial charge in [0.25, 0.3) is 0 Å². The van der Waals surface area contributed by atoms with E-state index in [0.29, 0.717) is 6.61 Å². The van der Waals surface area contributed by atoms with E-state index < -0.39 is 0 Å². The van der Waals surface area contributed by atoms with E-state index in [2.05, 4.69) is 29.8 Å². The van der Waals surface area contributed by atoms with Gasteiger partial charge in [0.15, 0.2) is 11.5 Å². The molecule has 0 unspecified atom stereocenters. The highest BCUT2D eigenvalue weighted by molar-refractivity contribution is 9.09. The molecule has 0 spiro atoms. The molecule has 1 rings (SSSR count). The van der Waals surface area contributed by atoms with Gasteiger partial charge in [-0.25, -0.2) is 0 Å². The lowest BCUT2D eigenvalue weighted by atomic mass is 9.82. The van der Waals surface area contributed by atoms with E-state index in [4.69, 9.17) is 9.47 Å². The molecule has 0 bridgehead atoms. The van der Waals surface area contributed by atoms with E-state index >= 15 is 0 Å². The fourth-order valence-corrected chi connectivity index (χ4v) is 3.30. The first-order chi connectivity index (χ1) is 9.71. The smallest absolute Gasteiger partial charge is 0.161 e. The third kappa shape index (κ3) is 5.01. The fourth-order valence-electron chi connectivity index (χ4n) is 2.58. The second kappa shape index (κ2) is 9.28. The molecule has 0 N–H and O–H groups in total. The lowest BCUT2D eigenvalue weighted by Crippen LogP contribution is -2.30. The highest BCUT2D eigenvalue weighted by atomic mass is 79.9. The summed E-state index contributed by atoms with van der Waals surface area (Å²) >= 11 is 3.69. The summed E-state index contributed by atoms with van der Waals surface area (Å²) in [4.78, 5) is 0. The molecular formula is C17H27BrO2. The molecule has 0 aromatic heterocycles. The SMILES string of the molecule is CCCC(CBr)(CCC)COc1ccccc1OCC. The third-order valence-corrected chi connectivity index (χ3v) is 4.72. The average molecular weight is 343 g/mol. The second-order valence-electron chi connectivity index (χ2n) is 5.30. The number of para-hydroxylation sites is 2. The van der Waals surface area contributed by atoms with Gasteiger partial charge < -0.3 is 9.47 Å². The summed E-state index contributed by atoms with van der Waals surface area (Å²) < 4.78 is 11.7. The van der Waals surface area contributed by atoms with Gasteiger partial charge in [0.1, 0.15) is 0 Å². The summed E-state index contributed by atoms with van der Waals surface area (Å²) in [5, 5.41) is 0.985. The molecule has 0 saturated heterocycles. The Morgan fingerprint density at radius 1 is 0.950 bits per heavy atom. The van der Waals surface area contributed by atoms with Crippen molar-refractivity contribution >= 4 is 15.9 Å². The third-order valence-electron chi connectivity index (χ3n) is 3.53. The summed E-state index contributed by atoms with van der Waals surface area (Å²) in [6.45, 7) is 7.87. The van der Waals surface area contributed by atoms with Crippen molar-refractivity contribution in [1.82, 2.24) is 0 Å². The van der Waals surface area contributed by atoms with E-state index in [1.165, 1.54) is 25.7 Å². The van der Waals surface area contributed by atoms with Crippen LogP contribution in [-0.4, -0.2) is 18.5 Å². The van der Waals surface area contributed by atoms with Crippen molar-refractivity contribution in [1.29, 1.82) is 0 Å². The summed E-state index contributed by atoms with van der Waals surface area (Å²) in [6.07, 6.45) is 4.73. The normalized spacial score (nSPS) is 11.4. The Morgan fingerprint density at radius 2 is 1.50 bits per heavy atom. The van der Waals surface area contributed by atoms with Crippen LogP contribution in [-0.2, 0) is 0 Å². The first kappa shape index (κ1) is 17.4. The molecule has 3 heteroatoms. The molecule has 0 heterocycles. The molecule has 20 heavy (non-hydrogen) atoms. The van der Waals surface area contributed by atoms with E-state index in [1.807, 2.05) is 31.2 Å². The molecule has 0 fully saturated rings. The van der Waals surface area contributed by atoms with Crippen molar-refractivity contribution < 1.29 is 9.47 Å². The van der Waals surface area contributed by atoms with Crippen molar-refractivity contribution in [2.75, 3.05) is 18.5 Å². The number of alkyl halides is 1. The van der Waals surface area contributed by atoms with Gasteiger partial charge in [-0.1, -0.05) is 54.8 Å². The van der Waals surface area contributed by atoms with Gasteiger partial charge in [0.2, 0.25) is 0 Å². The molecule has 0 amide bonds. The average Bonchev–Trinajstić information content (AvgIpc) is 2.47. The Balaban J connectivity index is 2.76. The van der Waals surface area contributed by atoms with Gasteiger partial charge in [-0.15, -0.1) is 0 Å². The Kier molecular flexibility index (Phi) is 8.05. The number of hydrogen-bond acceptors (Lipinski definition) is 2. The van der Waals surface area contributed by atoms with Gasteiger partial charge >= 0.3 is 0 Å². The monoisotopic (exact) mass is 342 g/mol. The van der Waals surface area contributed by atoms with Gasteiger partial charge in [-0.05, 0) is 31.9 Å². The minimum Gasteiger partial charge on any atom is -0.490 e. The van der Waals surface area contributed by atoms with Gasteiger partial charge in [0.05, 0.1) is 13.2 Å². The number of halogens is 1. The zero-order valence-corrected chi connectivity index (χ0v) is 14.5. The molecule has 0 aliphatic carbocycles. The summed E-state index contributed by atoms with van der Waals surface area (Å²) in [6, 6.07) is 7.93. The van der Waals surface area contributed by atoms with Crippen LogP contribution in [0.25, 0.3) is 0 Å². The number of rotatable bonds is 10. The molecule has 114 valence electrons. The van der Waals surface area contributed by atoms with Gasteiger partial charge in [-0.2, -0.15) is 0 Å². The van der Waals surface area contributed by atoms with Crippen LogP contribution in [0.5, 0.6) is 11.5 Å². The summed E-state index contributed by atoms with van der Waals surface area (Å²) in [7, 11) is 0. The first-order valence-corrected chi connectivity index (χ1v) is 8.74. The lowest BCUT2D eigenvalue weighted by molar-refractivity contribution is 0.140. The Morgan fingerprint density at radius 3 is 1.95 bits per heavy atom. The highest BCUT2D eigenvalue weighted by Crippen LogP contribution is 2.35. The van der Waals surface area contributed by atoms with Crippen LogP contribution in [0.4, 0.5) is 0 Å². The lowest BCUT2D eigenvalue weighted by Gasteiger charge is -2.31. The molecule has 0 atom stereocenters. The van der Waals surface area contributed by atoms with Crippen LogP contribution < -0.4 is 9.47 Å². The number of hydrogen-bond donors (Lipinski definition) is 0. The zero-order valence-electron chi connectivity index (χ0n) is 13.0. The van der Waals surface area contributed by atoms with E-state index in [9.17, 15) is 0 Å². The quantitative estimate of drug-likeness (QED) is 0.526. The van der Waals surface area contributed by atoms with Crippen molar-refractivity contribution in [3.05, 3.63) is 24.3 Å². The Labute approximate surface area is 132 Å². The van der Waals surface area contributed by atoms with Crippen molar-refractivity contribution in [3.8, 4) is 11.5 Å². The maximum atomic E-state index is 6.10. The highest BCUT2D eigenvalue weighted by Gasteiger charge is 2.28.